The Labute approximate surface area is 143 Å². The number of nitrogens with zero attached hydrogens (tertiary/aromatic N) is 3. The van der Waals surface area contributed by atoms with Crippen LogP contribution < -0.4 is 5.32 Å². The summed E-state index contributed by atoms with van der Waals surface area (Å²) >= 11 is 0. The first kappa shape index (κ1) is 16.7. The Morgan fingerprint density at radius 2 is 2.17 bits per heavy atom. The van der Waals surface area contributed by atoms with E-state index < -0.39 is 0 Å². The largest absolute Gasteiger partial charge is 0.379 e. The standard InChI is InChI=1S/C19H26N4O/c1-20-19(23(2)11-12-24-14-15-7-8-15)22-13-16-9-10-21-18-6-4-3-5-17(16)18/h3-6,9-10,15H,7-8,11-14H2,1-2H3,(H,20,22). The van der Waals surface area contributed by atoms with Crippen molar-refractivity contribution in [3.8, 4) is 0 Å². The number of para-hydroxylation sites is 1. The molecule has 0 unspecified atom stereocenters. The van der Waals surface area contributed by atoms with Crippen molar-refractivity contribution in [3.63, 3.8) is 0 Å². The summed E-state index contributed by atoms with van der Waals surface area (Å²) in [6, 6.07) is 10.3. The molecule has 0 radical (unpaired) electrons. The van der Waals surface area contributed by atoms with Gasteiger partial charge in [0.15, 0.2) is 5.96 Å². The number of aromatic nitrogens is 1. The molecule has 0 saturated heterocycles. The fraction of sp³-hybridized carbons (Fsp3) is 0.474. The minimum absolute atomic E-state index is 0.725. The first-order valence-corrected chi connectivity index (χ1v) is 8.60. The van der Waals surface area contributed by atoms with Crippen molar-refractivity contribution < 1.29 is 4.74 Å². The molecule has 5 nitrogen and oxygen atoms in total. The maximum atomic E-state index is 5.71. The van der Waals surface area contributed by atoms with Gasteiger partial charge in [0.1, 0.15) is 0 Å². The second-order valence-electron chi connectivity index (χ2n) is 6.33. The molecule has 1 heterocycles. The molecule has 128 valence electrons. The van der Waals surface area contributed by atoms with E-state index >= 15 is 0 Å². The van der Waals surface area contributed by atoms with E-state index in [0.717, 1.165) is 43.7 Å². The summed E-state index contributed by atoms with van der Waals surface area (Å²) in [5.41, 5.74) is 2.24. The van der Waals surface area contributed by atoms with Crippen molar-refractivity contribution in [2.45, 2.75) is 19.4 Å². The van der Waals surface area contributed by atoms with Crippen molar-refractivity contribution in [2.24, 2.45) is 10.9 Å². The van der Waals surface area contributed by atoms with Crippen LogP contribution in [-0.2, 0) is 11.3 Å². The van der Waals surface area contributed by atoms with Crippen LogP contribution in [0.4, 0.5) is 0 Å². The van der Waals surface area contributed by atoms with E-state index in [1.54, 1.807) is 0 Å². The smallest absolute Gasteiger partial charge is 0.193 e. The zero-order valence-electron chi connectivity index (χ0n) is 14.5. The number of nitrogens with one attached hydrogen (secondary N) is 1. The van der Waals surface area contributed by atoms with E-state index in [-0.39, 0.29) is 0 Å². The Bertz CT molecular complexity index is 691. The average molecular weight is 326 g/mol. The fourth-order valence-corrected chi connectivity index (χ4v) is 2.71. The molecular formula is C19H26N4O. The lowest BCUT2D eigenvalue weighted by molar-refractivity contribution is 0.115. The Morgan fingerprint density at radius 3 is 2.96 bits per heavy atom. The minimum atomic E-state index is 0.725. The van der Waals surface area contributed by atoms with E-state index in [0.29, 0.717) is 0 Å². The van der Waals surface area contributed by atoms with Gasteiger partial charge in [-0.2, -0.15) is 0 Å². The number of aliphatic imine (C=N–C) groups is 1. The number of benzene rings is 1. The summed E-state index contributed by atoms with van der Waals surface area (Å²) in [6.07, 6.45) is 4.52. The van der Waals surface area contributed by atoms with Gasteiger partial charge in [0.25, 0.3) is 0 Å². The molecule has 1 aromatic heterocycles. The van der Waals surface area contributed by atoms with Gasteiger partial charge in [-0.1, -0.05) is 18.2 Å². The van der Waals surface area contributed by atoms with Crippen molar-refractivity contribution in [1.82, 2.24) is 15.2 Å². The Hall–Kier alpha value is -2.14. The minimum Gasteiger partial charge on any atom is -0.379 e. The van der Waals surface area contributed by atoms with E-state index in [1.807, 2.05) is 38.5 Å². The van der Waals surface area contributed by atoms with Gasteiger partial charge in [-0.25, -0.2) is 0 Å². The third kappa shape index (κ3) is 4.45. The number of guanidine groups is 1. The number of pyridine rings is 1. The molecule has 1 saturated carbocycles. The second kappa shape index (κ2) is 8.11. The van der Waals surface area contributed by atoms with Crippen molar-refractivity contribution in [1.29, 1.82) is 0 Å². The fourth-order valence-electron chi connectivity index (χ4n) is 2.71. The molecule has 0 bridgehead atoms. The monoisotopic (exact) mass is 326 g/mol. The average Bonchev–Trinajstić information content (AvgIpc) is 3.44. The Morgan fingerprint density at radius 1 is 1.33 bits per heavy atom. The molecule has 1 N–H and O–H groups in total. The summed E-state index contributed by atoms with van der Waals surface area (Å²) in [4.78, 5) is 10.9. The van der Waals surface area contributed by atoms with Gasteiger partial charge in [0, 0.05) is 45.4 Å². The molecule has 1 aliphatic rings. The van der Waals surface area contributed by atoms with Gasteiger partial charge in [0.2, 0.25) is 0 Å². The number of rotatable bonds is 7. The zero-order chi connectivity index (χ0) is 16.8. The molecule has 0 aliphatic heterocycles. The van der Waals surface area contributed by atoms with Crippen LogP contribution in [0.1, 0.15) is 18.4 Å². The van der Waals surface area contributed by atoms with E-state index in [1.165, 1.54) is 23.8 Å². The molecule has 1 fully saturated rings. The van der Waals surface area contributed by atoms with Crippen LogP contribution in [0.5, 0.6) is 0 Å². The van der Waals surface area contributed by atoms with Crippen LogP contribution in [0, 0.1) is 5.92 Å². The lowest BCUT2D eigenvalue weighted by atomic mass is 10.1. The molecule has 0 spiro atoms. The van der Waals surface area contributed by atoms with Gasteiger partial charge in [-0.05, 0) is 36.5 Å². The SMILES string of the molecule is CN=C(NCc1ccnc2ccccc12)N(C)CCOCC1CC1. The summed E-state index contributed by atoms with van der Waals surface area (Å²) in [6.45, 7) is 3.21. The molecular weight excluding hydrogens is 300 g/mol. The van der Waals surface area contributed by atoms with Crippen molar-refractivity contribution in [2.75, 3.05) is 33.9 Å². The van der Waals surface area contributed by atoms with Crippen LogP contribution in [-0.4, -0.2) is 49.7 Å². The molecule has 2 aromatic rings. The first-order chi connectivity index (χ1) is 11.8. The number of fused-ring (bicyclic) bond motifs is 1. The van der Waals surface area contributed by atoms with Gasteiger partial charge in [-0.3, -0.25) is 9.98 Å². The molecule has 0 atom stereocenters. The highest BCUT2D eigenvalue weighted by atomic mass is 16.5. The van der Waals surface area contributed by atoms with E-state index in [9.17, 15) is 0 Å². The van der Waals surface area contributed by atoms with E-state index in [4.69, 9.17) is 4.74 Å². The van der Waals surface area contributed by atoms with Crippen LogP contribution in [0.15, 0.2) is 41.5 Å². The van der Waals surface area contributed by atoms with Gasteiger partial charge < -0.3 is 15.0 Å². The lowest BCUT2D eigenvalue weighted by Gasteiger charge is -2.22. The summed E-state index contributed by atoms with van der Waals surface area (Å²) < 4.78 is 5.71. The van der Waals surface area contributed by atoms with Crippen LogP contribution in [0.25, 0.3) is 10.9 Å². The Kier molecular flexibility index (Phi) is 5.64. The number of hydrogen-bond acceptors (Lipinski definition) is 3. The van der Waals surface area contributed by atoms with Crippen LogP contribution in [0.3, 0.4) is 0 Å². The number of hydrogen-bond donors (Lipinski definition) is 1. The highest BCUT2D eigenvalue weighted by Crippen LogP contribution is 2.28. The van der Waals surface area contributed by atoms with Crippen molar-refractivity contribution in [3.05, 3.63) is 42.1 Å². The second-order valence-corrected chi connectivity index (χ2v) is 6.33. The molecule has 3 rings (SSSR count). The molecule has 5 heteroatoms. The maximum absolute atomic E-state index is 5.71. The molecule has 1 aliphatic carbocycles. The third-order valence-corrected chi connectivity index (χ3v) is 4.37. The summed E-state index contributed by atoms with van der Waals surface area (Å²) in [7, 11) is 3.86. The predicted octanol–water partition coefficient (Wildman–Crippen LogP) is 2.67. The number of likely N-dealkylation sites (N-methyl/N-ethyl adjacent to an activating group) is 1. The van der Waals surface area contributed by atoms with Gasteiger partial charge in [0.05, 0.1) is 12.1 Å². The van der Waals surface area contributed by atoms with Crippen LogP contribution >= 0.6 is 0 Å². The van der Waals surface area contributed by atoms with E-state index in [2.05, 4.69) is 32.3 Å². The van der Waals surface area contributed by atoms with Crippen molar-refractivity contribution >= 4 is 16.9 Å². The normalized spacial score (nSPS) is 14.8. The quantitative estimate of drug-likeness (QED) is 0.483. The molecule has 0 amide bonds. The van der Waals surface area contributed by atoms with Gasteiger partial charge in [-0.15, -0.1) is 0 Å². The van der Waals surface area contributed by atoms with Gasteiger partial charge >= 0.3 is 0 Å². The maximum Gasteiger partial charge on any atom is 0.193 e. The summed E-state index contributed by atoms with van der Waals surface area (Å²) in [5.74, 6) is 1.69. The highest BCUT2D eigenvalue weighted by molar-refractivity contribution is 5.83. The topological polar surface area (TPSA) is 49.8 Å². The summed E-state index contributed by atoms with van der Waals surface area (Å²) in [5, 5.41) is 4.61. The number of ether oxygens (including phenoxy) is 1. The molecule has 1 aromatic carbocycles. The third-order valence-electron chi connectivity index (χ3n) is 4.37. The first-order valence-electron chi connectivity index (χ1n) is 8.60. The lowest BCUT2D eigenvalue weighted by Crippen LogP contribution is -2.40. The zero-order valence-corrected chi connectivity index (χ0v) is 14.5. The highest BCUT2D eigenvalue weighted by Gasteiger charge is 2.21. The predicted molar refractivity (Wildman–Crippen MR) is 98.1 cm³/mol. The van der Waals surface area contributed by atoms with Crippen LogP contribution in [0.2, 0.25) is 0 Å². The molecule has 24 heavy (non-hydrogen) atoms. The Balaban J connectivity index is 1.52.